The minimum Gasteiger partial charge on any atom is -0.345 e. The minimum atomic E-state index is -0.712. The molecule has 0 saturated heterocycles. The van der Waals surface area contributed by atoms with E-state index >= 15 is 0 Å². The lowest BCUT2D eigenvalue weighted by molar-refractivity contribution is -0.132. The van der Waals surface area contributed by atoms with Gasteiger partial charge in [0.25, 0.3) is 0 Å². The molecule has 0 aliphatic heterocycles. The predicted octanol–water partition coefficient (Wildman–Crippen LogP) is -0.985. The molecule has 0 fully saturated rings. The van der Waals surface area contributed by atoms with Gasteiger partial charge in [-0.15, -0.1) is 0 Å². The normalized spacial score (nSPS) is 11.5. The fourth-order valence-electron chi connectivity index (χ4n) is 1.04. The molecule has 0 bridgehead atoms. The van der Waals surface area contributed by atoms with Crippen molar-refractivity contribution in [2.45, 2.75) is 19.9 Å². The number of hydrogen-bond donors (Lipinski definition) is 3. The van der Waals surface area contributed by atoms with Gasteiger partial charge in [-0.05, 0) is 6.92 Å². The van der Waals surface area contributed by atoms with Crippen LogP contribution in [0.2, 0.25) is 0 Å². The Balaban J connectivity index is 4.15. The van der Waals surface area contributed by atoms with Crippen LogP contribution in [-0.2, 0) is 14.4 Å². The molecule has 7 heteroatoms. The van der Waals surface area contributed by atoms with Crippen molar-refractivity contribution in [2.24, 2.45) is 0 Å². The molecule has 17 heavy (non-hydrogen) atoms. The second-order valence-corrected chi connectivity index (χ2v) is 3.93. The number of nitrogens with one attached hydrogen (secondary N) is 2. The molecule has 0 heterocycles. The van der Waals surface area contributed by atoms with Crippen molar-refractivity contribution in [2.75, 3.05) is 25.9 Å². The standard InChI is InChI=1S/C10H19N3O3S/c1-4-13(3)9(15)5-11-10(16)8(6-17)12-7(2)14/h8,17H,4-6H2,1-3H3,(H,11,16)(H,12,14). The third kappa shape index (κ3) is 6.15. The lowest BCUT2D eigenvalue weighted by Gasteiger charge is -2.17. The van der Waals surface area contributed by atoms with E-state index in [1.807, 2.05) is 6.92 Å². The monoisotopic (exact) mass is 261 g/mol. The van der Waals surface area contributed by atoms with Gasteiger partial charge in [-0.3, -0.25) is 14.4 Å². The SMILES string of the molecule is CCN(C)C(=O)CNC(=O)C(CS)NC(C)=O. The third-order valence-electron chi connectivity index (χ3n) is 2.19. The molecule has 3 amide bonds. The summed E-state index contributed by atoms with van der Waals surface area (Å²) >= 11 is 3.96. The number of rotatable bonds is 6. The van der Waals surface area contributed by atoms with Crippen LogP contribution in [0.25, 0.3) is 0 Å². The molecule has 1 atom stereocenters. The zero-order valence-electron chi connectivity index (χ0n) is 10.3. The van der Waals surface area contributed by atoms with E-state index in [0.29, 0.717) is 6.54 Å². The van der Waals surface area contributed by atoms with Gasteiger partial charge in [0.1, 0.15) is 6.04 Å². The summed E-state index contributed by atoms with van der Waals surface area (Å²) in [6, 6.07) is -0.712. The molecule has 0 spiro atoms. The minimum absolute atomic E-state index is 0.0764. The summed E-state index contributed by atoms with van der Waals surface area (Å²) in [5.74, 6) is -0.714. The van der Waals surface area contributed by atoms with Crippen molar-refractivity contribution in [3.8, 4) is 0 Å². The molecule has 0 rings (SSSR count). The molecule has 1 unspecified atom stereocenters. The van der Waals surface area contributed by atoms with E-state index in [4.69, 9.17) is 0 Å². The van der Waals surface area contributed by atoms with Gasteiger partial charge in [0.15, 0.2) is 0 Å². The van der Waals surface area contributed by atoms with E-state index in [-0.39, 0.29) is 24.1 Å². The maximum absolute atomic E-state index is 11.6. The van der Waals surface area contributed by atoms with Crippen molar-refractivity contribution in [1.82, 2.24) is 15.5 Å². The van der Waals surface area contributed by atoms with Gasteiger partial charge >= 0.3 is 0 Å². The first-order valence-electron chi connectivity index (χ1n) is 5.32. The molecule has 0 radical (unpaired) electrons. The second-order valence-electron chi connectivity index (χ2n) is 3.56. The fourth-order valence-corrected chi connectivity index (χ4v) is 1.29. The average Bonchev–Trinajstić information content (AvgIpc) is 2.30. The van der Waals surface area contributed by atoms with Crippen LogP contribution in [0.5, 0.6) is 0 Å². The van der Waals surface area contributed by atoms with Gasteiger partial charge in [0.05, 0.1) is 6.54 Å². The Labute approximate surface area is 107 Å². The second kappa shape index (κ2) is 7.94. The molecule has 0 aromatic rings. The summed E-state index contributed by atoms with van der Waals surface area (Å²) in [5, 5.41) is 4.90. The van der Waals surface area contributed by atoms with Crippen LogP contribution < -0.4 is 10.6 Å². The zero-order valence-corrected chi connectivity index (χ0v) is 11.2. The van der Waals surface area contributed by atoms with Crippen LogP contribution in [0.3, 0.4) is 0 Å². The Morgan fingerprint density at radius 3 is 2.35 bits per heavy atom. The Bertz CT molecular complexity index is 297. The maximum atomic E-state index is 11.6. The highest BCUT2D eigenvalue weighted by Crippen LogP contribution is 1.89. The van der Waals surface area contributed by atoms with Crippen molar-refractivity contribution < 1.29 is 14.4 Å². The van der Waals surface area contributed by atoms with Crippen LogP contribution in [0.4, 0.5) is 0 Å². The largest absolute Gasteiger partial charge is 0.345 e. The molecule has 2 N–H and O–H groups in total. The van der Waals surface area contributed by atoms with E-state index < -0.39 is 11.9 Å². The summed E-state index contributed by atoms with van der Waals surface area (Å²) in [4.78, 5) is 35.3. The lowest BCUT2D eigenvalue weighted by Crippen LogP contribution is -2.49. The van der Waals surface area contributed by atoms with Crippen molar-refractivity contribution in [3.63, 3.8) is 0 Å². The van der Waals surface area contributed by atoms with Crippen molar-refractivity contribution in [1.29, 1.82) is 0 Å². The summed E-state index contributed by atoms with van der Waals surface area (Å²) in [7, 11) is 1.65. The van der Waals surface area contributed by atoms with Gasteiger partial charge in [-0.1, -0.05) is 0 Å². The predicted molar refractivity (Wildman–Crippen MR) is 67.8 cm³/mol. The summed E-state index contributed by atoms with van der Waals surface area (Å²) in [5.41, 5.74) is 0. The Morgan fingerprint density at radius 1 is 1.35 bits per heavy atom. The molecule has 0 aromatic heterocycles. The van der Waals surface area contributed by atoms with Crippen LogP contribution >= 0.6 is 12.6 Å². The highest BCUT2D eigenvalue weighted by molar-refractivity contribution is 7.80. The fraction of sp³-hybridized carbons (Fsp3) is 0.700. The van der Waals surface area contributed by atoms with E-state index in [2.05, 4.69) is 23.3 Å². The maximum Gasteiger partial charge on any atom is 0.243 e. The van der Waals surface area contributed by atoms with Gasteiger partial charge in [-0.2, -0.15) is 12.6 Å². The van der Waals surface area contributed by atoms with Crippen LogP contribution in [0.1, 0.15) is 13.8 Å². The molecular formula is C10H19N3O3S. The van der Waals surface area contributed by atoms with Gasteiger partial charge in [0, 0.05) is 26.3 Å². The van der Waals surface area contributed by atoms with Gasteiger partial charge < -0.3 is 15.5 Å². The molecule has 6 nitrogen and oxygen atoms in total. The highest BCUT2D eigenvalue weighted by atomic mass is 32.1. The summed E-state index contributed by atoms with van der Waals surface area (Å²) in [6.45, 7) is 3.66. The molecule has 98 valence electrons. The van der Waals surface area contributed by atoms with E-state index in [9.17, 15) is 14.4 Å². The Morgan fingerprint density at radius 2 is 1.94 bits per heavy atom. The summed E-state index contributed by atoms with van der Waals surface area (Å²) in [6.07, 6.45) is 0. The smallest absolute Gasteiger partial charge is 0.243 e. The molecule has 0 aliphatic rings. The molecule has 0 aliphatic carbocycles. The highest BCUT2D eigenvalue weighted by Gasteiger charge is 2.18. The first-order chi connectivity index (χ1) is 7.92. The van der Waals surface area contributed by atoms with E-state index in [1.54, 1.807) is 7.05 Å². The van der Waals surface area contributed by atoms with E-state index in [1.165, 1.54) is 11.8 Å². The molecular weight excluding hydrogens is 242 g/mol. The number of amides is 3. The number of likely N-dealkylation sites (N-methyl/N-ethyl adjacent to an activating group) is 1. The number of thiol groups is 1. The van der Waals surface area contributed by atoms with Crippen LogP contribution in [0, 0.1) is 0 Å². The number of carbonyl (C=O) groups is 3. The molecule has 0 saturated carbocycles. The Hall–Kier alpha value is -1.24. The first-order valence-corrected chi connectivity index (χ1v) is 5.95. The number of hydrogen-bond acceptors (Lipinski definition) is 4. The first kappa shape index (κ1) is 15.8. The van der Waals surface area contributed by atoms with Crippen molar-refractivity contribution >= 4 is 30.4 Å². The number of nitrogens with zero attached hydrogens (tertiary/aromatic N) is 1. The number of carbonyl (C=O) groups excluding carboxylic acids is 3. The van der Waals surface area contributed by atoms with Crippen molar-refractivity contribution in [3.05, 3.63) is 0 Å². The third-order valence-corrected chi connectivity index (χ3v) is 2.56. The topological polar surface area (TPSA) is 78.5 Å². The van der Waals surface area contributed by atoms with Gasteiger partial charge in [0.2, 0.25) is 17.7 Å². The average molecular weight is 261 g/mol. The zero-order chi connectivity index (χ0) is 13.4. The van der Waals surface area contributed by atoms with Crippen LogP contribution in [0.15, 0.2) is 0 Å². The van der Waals surface area contributed by atoms with E-state index in [0.717, 1.165) is 0 Å². The quantitative estimate of drug-likeness (QED) is 0.538. The lowest BCUT2D eigenvalue weighted by atomic mass is 10.3. The Kier molecular flexibility index (Phi) is 7.36. The summed E-state index contributed by atoms with van der Waals surface area (Å²) < 4.78 is 0. The van der Waals surface area contributed by atoms with Crippen LogP contribution in [-0.4, -0.2) is 54.6 Å². The molecule has 0 aromatic carbocycles. The van der Waals surface area contributed by atoms with Gasteiger partial charge in [-0.25, -0.2) is 0 Å².